The van der Waals surface area contributed by atoms with E-state index in [-0.39, 0.29) is 0 Å². The van der Waals surface area contributed by atoms with Gasteiger partial charge in [0, 0.05) is 42.6 Å². The molecule has 0 spiro atoms. The summed E-state index contributed by atoms with van der Waals surface area (Å²) in [6.07, 6.45) is 9.24. The number of rotatable bonds is 4. The van der Waals surface area contributed by atoms with Crippen molar-refractivity contribution in [1.29, 1.82) is 0 Å². The van der Waals surface area contributed by atoms with E-state index >= 15 is 0 Å². The fraction of sp³-hybridized carbons (Fsp3) is 0.200. The van der Waals surface area contributed by atoms with Crippen molar-refractivity contribution in [2.45, 2.75) is 12.6 Å². The molecule has 1 aliphatic heterocycles. The molecule has 9 nitrogen and oxygen atoms in total. The van der Waals surface area contributed by atoms with E-state index < -0.39 is 0 Å². The smallest absolute Gasteiger partial charge is 0.221 e. The molecule has 1 aliphatic rings. The first-order valence-electron chi connectivity index (χ1n) is 9.48. The maximum absolute atomic E-state index is 4.78. The molecule has 5 aromatic rings. The fourth-order valence-electron chi connectivity index (χ4n) is 3.54. The molecule has 0 bridgehead atoms. The maximum Gasteiger partial charge on any atom is 0.221 e. The SMILES string of the molecule is c1cc2cc(Cn3nnc4ncc(-c5cnn(C6CNC6)c5)nc43)ccc2cn1. The first-order chi connectivity index (χ1) is 14.3. The number of benzene rings is 1. The van der Waals surface area contributed by atoms with Crippen molar-refractivity contribution in [2.24, 2.45) is 0 Å². The molecule has 0 amide bonds. The first-order valence-corrected chi connectivity index (χ1v) is 9.48. The quantitative estimate of drug-likeness (QED) is 0.505. The highest BCUT2D eigenvalue weighted by Gasteiger charge is 2.20. The zero-order valence-electron chi connectivity index (χ0n) is 15.5. The second kappa shape index (κ2) is 6.42. The zero-order valence-corrected chi connectivity index (χ0v) is 15.5. The molecule has 0 saturated carbocycles. The highest BCUT2D eigenvalue weighted by Crippen LogP contribution is 2.21. The van der Waals surface area contributed by atoms with E-state index in [0.717, 1.165) is 40.7 Å². The molecule has 6 rings (SSSR count). The lowest BCUT2D eigenvalue weighted by molar-refractivity contribution is 0.318. The largest absolute Gasteiger partial charge is 0.312 e. The van der Waals surface area contributed by atoms with Crippen LogP contribution in [0.4, 0.5) is 0 Å². The number of aromatic nitrogens is 8. The number of hydrogen-bond acceptors (Lipinski definition) is 7. The van der Waals surface area contributed by atoms with Gasteiger partial charge in [-0.3, -0.25) is 9.67 Å². The number of pyridine rings is 1. The Balaban J connectivity index is 1.35. The van der Waals surface area contributed by atoms with Crippen LogP contribution in [-0.4, -0.2) is 52.8 Å². The molecule has 142 valence electrons. The summed E-state index contributed by atoms with van der Waals surface area (Å²) in [5.41, 5.74) is 4.03. The van der Waals surface area contributed by atoms with Crippen molar-refractivity contribution in [3.63, 3.8) is 0 Å². The van der Waals surface area contributed by atoms with Crippen molar-refractivity contribution < 1.29 is 0 Å². The molecular formula is C20H17N9. The van der Waals surface area contributed by atoms with E-state index in [2.05, 4.69) is 48.9 Å². The molecule has 0 aliphatic carbocycles. The minimum absolute atomic E-state index is 0.413. The number of fused-ring (bicyclic) bond motifs is 2. The Kier molecular flexibility index (Phi) is 3.60. The molecule has 0 unspecified atom stereocenters. The van der Waals surface area contributed by atoms with E-state index in [1.807, 2.05) is 29.3 Å². The molecule has 1 saturated heterocycles. The van der Waals surface area contributed by atoms with Crippen LogP contribution in [0.2, 0.25) is 0 Å². The van der Waals surface area contributed by atoms with E-state index in [4.69, 9.17) is 4.98 Å². The summed E-state index contributed by atoms with van der Waals surface area (Å²) in [6.45, 7) is 2.47. The topological polar surface area (TPSA) is 99.2 Å². The summed E-state index contributed by atoms with van der Waals surface area (Å²) in [5.74, 6) is 0. The van der Waals surface area contributed by atoms with Gasteiger partial charge in [-0.25, -0.2) is 14.6 Å². The van der Waals surface area contributed by atoms with Gasteiger partial charge < -0.3 is 5.32 Å². The van der Waals surface area contributed by atoms with Crippen LogP contribution in [-0.2, 0) is 6.54 Å². The Morgan fingerprint density at radius 1 is 1.07 bits per heavy atom. The number of hydrogen-bond donors (Lipinski definition) is 1. The van der Waals surface area contributed by atoms with Gasteiger partial charge in [-0.05, 0) is 23.1 Å². The lowest BCUT2D eigenvalue weighted by Gasteiger charge is -2.27. The lowest BCUT2D eigenvalue weighted by atomic mass is 10.1. The van der Waals surface area contributed by atoms with Gasteiger partial charge in [0.1, 0.15) is 0 Å². The Morgan fingerprint density at radius 2 is 2.03 bits per heavy atom. The molecular weight excluding hydrogens is 366 g/mol. The van der Waals surface area contributed by atoms with E-state index in [9.17, 15) is 0 Å². The van der Waals surface area contributed by atoms with Gasteiger partial charge in [-0.15, -0.1) is 5.10 Å². The van der Waals surface area contributed by atoms with Gasteiger partial charge in [0.15, 0.2) is 5.65 Å². The van der Waals surface area contributed by atoms with Crippen LogP contribution in [0.25, 0.3) is 33.3 Å². The van der Waals surface area contributed by atoms with E-state index in [1.54, 1.807) is 17.1 Å². The minimum atomic E-state index is 0.413. The van der Waals surface area contributed by atoms with E-state index in [1.165, 1.54) is 0 Å². The molecule has 1 aromatic carbocycles. The van der Waals surface area contributed by atoms with E-state index in [0.29, 0.717) is 23.9 Å². The van der Waals surface area contributed by atoms with Crippen LogP contribution >= 0.6 is 0 Å². The van der Waals surface area contributed by atoms with Crippen molar-refractivity contribution >= 4 is 22.1 Å². The summed E-state index contributed by atoms with van der Waals surface area (Å²) in [6, 6.07) is 8.70. The standard InChI is InChI=1S/C20H17N9/c1-2-15-6-21-4-3-14(15)5-13(1)11-29-20-19(26-27-29)23-10-18(25-20)16-7-24-28(12-16)17-8-22-9-17/h1-7,10,12,17,22H,8-9,11H2. The van der Waals surface area contributed by atoms with Gasteiger partial charge in [0.25, 0.3) is 0 Å². The highest BCUT2D eigenvalue weighted by molar-refractivity contribution is 5.82. The molecule has 0 radical (unpaired) electrons. The van der Waals surface area contributed by atoms with Crippen molar-refractivity contribution in [3.8, 4) is 11.3 Å². The Labute approximate surface area is 165 Å². The number of nitrogens with one attached hydrogen (secondary N) is 1. The Morgan fingerprint density at radius 3 is 2.93 bits per heavy atom. The highest BCUT2D eigenvalue weighted by atomic mass is 15.5. The molecule has 29 heavy (non-hydrogen) atoms. The van der Waals surface area contributed by atoms with Gasteiger partial charge in [0.2, 0.25) is 5.65 Å². The predicted octanol–water partition coefficient (Wildman–Crippen LogP) is 1.83. The predicted molar refractivity (Wildman–Crippen MR) is 107 cm³/mol. The van der Waals surface area contributed by atoms with Crippen molar-refractivity contribution in [3.05, 3.63) is 60.8 Å². The first kappa shape index (κ1) is 16.3. The number of nitrogens with zero attached hydrogens (tertiary/aromatic N) is 8. The normalized spacial score (nSPS) is 14.5. The maximum atomic E-state index is 4.78. The van der Waals surface area contributed by atoms with Gasteiger partial charge in [0.05, 0.1) is 30.7 Å². The molecule has 4 aromatic heterocycles. The third-order valence-corrected chi connectivity index (χ3v) is 5.30. The minimum Gasteiger partial charge on any atom is -0.312 e. The summed E-state index contributed by atoms with van der Waals surface area (Å²) in [5, 5.41) is 18.4. The molecule has 1 N–H and O–H groups in total. The lowest BCUT2D eigenvalue weighted by Crippen LogP contribution is -2.43. The zero-order chi connectivity index (χ0) is 19.2. The summed E-state index contributed by atoms with van der Waals surface area (Å²) in [4.78, 5) is 13.4. The van der Waals surface area contributed by atoms with Crippen molar-refractivity contribution in [1.82, 2.24) is 45.0 Å². The fourth-order valence-corrected chi connectivity index (χ4v) is 3.54. The van der Waals surface area contributed by atoms with Crippen LogP contribution < -0.4 is 5.32 Å². The molecule has 5 heterocycles. The Bertz CT molecular complexity index is 1330. The summed E-state index contributed by atoms with van der Waals surface area (Å²) >= 11 is 0. The van der Waals surface area contributed by atoms with Crippen LogP contribution in [0.5, 0.6) is 0 Å². The van der Waals surface area contributed by atoms with Gasteiger partial charge >= 0.3 is 0 Å². The monoisotopic (exact) mass is 383 g/mol. The third-order valence-electron chi connectivity index (χ3n) is 5.30. The van der Waals surface area contributed by atoms with Gasteiger partial charge in [-0.1, -0.05) is 17.3 Å². The Hall–Kier alpha value is -3.72. The van der Waals surface area contributed by atoms with Crippen molar-refractivity contribution in [2.75, 3.05) is 13.1 Å². The second-order valence-corrected chi connectivity index (χ2v) is 7.23. The van der Waals surface area contributed by atoms with Crippen LogP contribution in [0.15, 0.2) is 55.2 Å². The average Bonchev–Trinajstić information content (AvgIpc) is 3.34. The summed E-state index contributed by atoms with van der Waals surface area (Å²) < 4.78 is 3.77. The van der Waals surface area contributed by atoms with Crippen LogP contribution in [0, 0.1) is 0 Å². The van der Waals surface area contributed by atoms with Crippen LogP contribution in [0.3, 0.4) is 0 Å². The average molecular weight is 383 g/mol. The summed E-state index contributed by atoms with van der Waals surface area (Å²) in [7, 11) is 0. The molecule has 9 heteroatoms. The second-order valence-electron chi connectivity index (χ2n) is 7.23. The molecule has 1 fully saturated rings. The third kappa shape index (κ3) is 2.83. The van der Waals surface area contributed by atoms with Crippen LogP contribution in [0.1, 0.15) is 11.6 Å². The molecule has 0 atom stereocenters. The van der Waals surface area contributed by atoms with Gasteiger partial charge in [-0.2, -0.15) is 5.10 Å².